The van der Waals surface area contributed by atoms with E-state index in [9.17, 15) is 13.5 Å². The Morgan fingerprint density at radius 2 is 2.04 bits per heavy atom. The van der Waals surface area contributed by atoms with Crippen LogP contribution in [0.2, 0.25) is 0 Å². The monoisotopic (exact) mass is 380 g/mol. The number of aromatic nitrogens is 2. The van der Waals surface area contributed by atoms with Gasteiger partial charge in [-0.15, -0.1) is 17.3 Å². The van der Waals surface area contributed by atoms with Crippen molar-refractivity contribution in [2.24, 2.45) is 0 Å². The molecular formula is C16H20N4O3S2. The van der Waals surface area contributed by atoms with E-state index in [0.29, 0.717) is 11.5 Å². The largest absolute Gasteiger partial charge is 0.386 e. The summed E-state index contributed by atoms with van der Waals surface area (Å²) >= 11 is 1.15. The fraction of sp³-hybridized carbons (Fsp3) is 0.375. The van der Waals surface area contributed by atoms with Crippen LogP contribution < -0.4 is 10.0 Å². The second-order valence-corrected chi connectivity index (χ2v) is 8.67. The molecule has 0 aliphatic heterocycles. The van der Waals surface area contributed by atoms with E-state index in [1.165, 1.54) is 12.4 Å². The topological polar surface area (TPSA) is 104 Å². The Bertz CT molecular complexity index is 846. The molecule has 9 heteroatoms. The molecule has 0 radical (unpaired) electrons. The minimum atomic E-state index is -3.56. The van der Waals surface area contributed by atoms with Gasteiger partial charge in [0.1, 0.15) is 10.3 Å². The molecule has 0 amide bonds. The Morgan fingerprint density at radius 3 is 2.56 bits per heavy atom. The molecule has 0 unspecified atom stereocenters. The third-order valence-electron chi connectivity index (χ3n) is 3.22. The summed E-state index contributed by atoms with van der Waals surface area (Å²) < 4.78 is 27.1. The van der Waals surface area contributed by atoms with E-state index in [1.807, 2.05) is 0 Å². The van der Waals surface area contributed by atoms with Crippen molar-refractivity contribution in [3.63, 3.8) is 0 Å². The number of rotatable bonds is 7. The van der Waals surface area contributed by atoms with E-state index in [-0.39, 0.29) is 10.8 Å². The maximum atomic E-state index is 12.2. The van der Waals surface area contributed by atoms with E-state index < -0.39 is 21.7 Å². The van der Waals surface area contributed by atoms with Gasteiger partial charge in [0.05, 0.1) is 5.60 Å². The minimum Gasteiger partial charge on any atom is -0.386 e. The average molecular weight is 380 g/mol. The maximum absolute atomic E-state index is 12.2. The van der Waals surface area contributed by atoms with Crippen LogP contribution in [0.15, 0.2) is 34.1 Å². The van der Waals surface area contributed by atoms with Crippen molar-refractivity contribution in [2.75, 3.05) is 11.9 Å². The molecule has 0 saturated carbocycles. The van der Waals surface area contributed by atoms with E-state index in [4.69, 9.17) is 0 Å². The first-order valence-electron chi connectivity index (χ1n) is 7.49. The van der Waals surface area contributed by atoms with Crippen molar-refractivity contribution in [2.45, 2.75) is 36.6 Å². The SMILES string of the molecule is CC#C[C@H](CNS(=O)(=O)c1cccs1)Nc1ncc(C(C)(C)O)cn1. The van der Waals surface area contributed by atoms with Gasteiger partial charge in [0.2, 0.25) is 16.0 Å². The minimum absolute atomic E-state index is 0.0671. The first-order valence-corrected chi connectivity index (χ1v) is 9.85. The number of aliphatic hydroxyl groups is 1. The van der Waals surface area contributed by atoms with Gasteiger partial charge in [0.25, 0.3) is 0 Å². The molecule has 0 fully saturated rings. The number of anilines is 1. The number of sulfonamides is 1. The van der Waals surface area contributed by atoms with Crippen molar-refractivity contribution in [1.82, 2.24) is 14.7 Å². The summed E-state index contributed by atoms with van der Waals surface area (Å²) in [5.41, 5.74) is -0.452. The Balaban J connectivity index is 2.05. The highest BCUT2D eigenvalue weighted by atomic mass is 32.2. The van der Waals surface area contributed by atoms with Gasteiger partial charge in [0.15, 0.2) is 0 Å². The highest BCUT2D eigenvalue weighted by molar-refractivity contribution is 7.91. The number of thiophene rings is 1. The molecule has 2 rings (SSSR count). The normalized spacial score (nSPS) is 13.0. The molecule has 1 atom stereocenters. The zero-order valence-electron chi connectivity index (χ0n) is 14.1. The van der Waals surface area contributed by atoms with Crippen LogP contribution in [0.1, 0.15) is 26.3 Å². The maximum Gasteiger partial charge on any atom is 0.250 e. The standard InChI is InChI=1S/C16H20N4O3S2/c1-4-6-13(11-19-25(22,23)14-7-5-8-24-14)20-15-17-9-12(10-18-15)16(2,3)21/h5,7-10,13,19,21H,11H2,1-3H3,(H,17,18,20)/t13-/m1/s1. The fourth-order valence-corrected chi connectivity index (χ4v) is 3.95. The lowest BCUT2D eigenvalue weighted by molar-refractivity contribution is 0.0778. The molecule has 0 spiro atoms. The lowest BCUT2D eigenvalue weighted by Gasteiger charge is -2.18. The second-order valence-electron chi connectivity index (χ2n) is 5.73. The summed E-state index contributed by atoms with van der Waals surface area (Å²) in [6.45, 7) is 5.02. The van der Waals surface area contributed by atoms with Crippen LogP contribution in [-0.4, -0.2) is 36.1 Å². The van der Waals surface area contributed by atoms with Gasteiger partial charge in [0, 0.05) is 24.5 Å². The lowest BCUT2D eigenvalue weighted by atomic mass is 10.0. The highest BCUT2D eigenvalue weighted by Gasteiger charge is 2.19. The van der Waals surface area contributed by atoms with Gasteiger partial charge in [-0.2, -0.15) is 0 Å². The van der Waals surface area contributed by atoms with Crippen LogP contribution in [0.3, 0.4) is 0 Å². The van der Waals surface area contributed by atoms with Gasteiger partial charge in [-0.3, -0.25) is 0 Å². The Hall–Kier alpha value is -1.99. The Labute approximate surface area is 151 Å². The Kier molecular flexibility index (Phi) is 6.13. The number of nitrogens with one attached hydrogen (secondary N) is 2. The second kappa shape index (κ2) is 7.93. The van der Waals surface area contributed by atoms with Crippen LogP contribution in [0.4, 0.5) is 5.95 Å². The smallest absolute Gasteiger partial charge is 0.250 e. The number of hydrogen-bond acceptors (Lipinski definition) is 7. The summed E-state index contributed by atoms with van der Waals surface area (Å²) in [4.78, 5) is 8.27. The summed E-state index contributed by atoms with van der Waals surface area (Å²) in [7, 11) is -3.56. The molecule has 0 aliphatic rings. The van der Waals surface area contributed by atoms with Crippen molar-refractivity contribution in [1.29, 1.82) is 0 Å². The average Bonchev–Trinajstić information content (AvgIpc) is 3.08. The molecule has 0 aliphatic carbocycles. The first-order chi connectivity index (χ1) is 11.7. The molecule has 0 saturated heterocycles. The molecule has 0 aromatic carbocycles. The summed E-state index contributed by atoms with van der Waals surface area (Å²) in [5, 5.41) is 14.6. The van der Waals surface area contributed by atoms with E-state index in [2.05, 4.69) is 31.8 Å². The molecule has 2 aromatic rings. The van der Waals surface area contributed by atoms with Gasteiger partial charge >= 0.3 is 0 Å². The number of hydrogen-bond donors (Lipinski definition) is 3. The van der Waals surface area contributed by atoms with Crippen molar-refractivity contribution >= 4 is 27.3 Å². The van der Waals surface area contributed by atoms with Crippen LogP contribution in [0.5, 0.6) is 0 Å². The van der Waals surface area contributed by atoms with Crippen molar-refractivity contribution < 1.29 is 13.5 Å². The Morgan fingerprint density at radius 1 is 1.36 bits per heavy atom. The van der Waals surface area contributed by atoms with Gasteiger partial charge in [-0.05, 0) is 32.2 Å². The van der Waals surface area contributed by atoms with Crippen LogP contribution in [0.25, 0.3) is 0 Å². The van der Waals surface area contributed by atoms with Gasteiger partial charge in [-0.25, -0.2) is 23.1 Å². The van der Waals surface area contributed by atoms with Crippen molar-refractivity contribution in [3.8, 4) is 11.8 Å². The molecule has 3 N–H and O–H groups in total. The third kappa shape index (κ3) is 5.51. The lowest BCUT2D eigenvalue weighted by Crippen LogP contribution is -2.36. The predicted molar refractivity (Wildman–Crippen MR) is 97.6 cm³/mol. The molecule has 7 nitrogen and oxygen atoms in total. The summed E-state index contributed by atoms with van der Waals surface area (Å²) in [5.74, 6) is 5.94. The van der Waals surface area contributed by atoms with Crippen LogP contribution >= 0.6 is 11.3 Å². The quantitative estimate of drug-likeness (QED) is 0.630. The van der Waals surface area contributed by atoms with Gasteiger partial charge < -0.3 is 10.4 Å². The predicted octanol–water partition coefficient (Wildman–Crippen LogP) is 1.55. The molecule has 2 heterocycles. The third-order valence-corrected chi connectivity index (χ3v) is 6.04. The molecule has 0 bridgehead atoms. The molecule has 134 valence electrons. The van der Waals surface area contributed by atoms with Crippen LogP contribution in [0, 0.1) is 11.8 Å². The molecule has 2 aromatic heterocycles. The van der Waals surface area contributed by atoms with E-state index in [1.54, 1.807) is 38.3 Å². The summed E-state index contributed by atoms with van der Waals surface area (Å²) in [6.07, 6.45) is 3.03. The van der Waals surface area contributed by atoms with Crippen LogP contribution in [-0.2, 0) is 15.6 Å². The zero-order chi connectivity index (χ0) is 18.5. The van der Waals surface area contributed by atoms with E-state index >= 15 is 0 Å². The summed E-state index contributed by atoms with van der Waals surface area (Å²) in [6, 6.07) is 2.73. The first kappa shape index (κ1) is 19.3. The van der Waals surface area contributed by atoms with Crippen molar-refractivity contribution in [3.05, 3.63) is 35.5 Å². The van der Waals surface area contributed by atoms with Gasteiger partial charge in [-0.1, -0.05) is 12.0 Å². The number of nitrogens with zero attached hydrogens (tertiary/aromatic N) is 2. The zero-order valence-corrected chi connectivity index (χ0v) is 15.8. The molecular weight excluding hydrogens is 360 g/mol. The fourth-order valence-electron chi connectivity index (χ4n) is 1.87. The van der Waals surface area contributed by atoms with E-state index in [0.717, 1.165) is 11.3 Å². The highest BCUT2D eigenvalue weighted by Crippen LogP contribution is 2.18. The molecule has 25 heavy (non-hydrogen) atoms.